The highest BCUT2D eigenvalue weighted by Gasteiger charge is 2.21. The third-order valence-electron chi connectivity index (χ3n) is 3.70. The van der Waals surface area contributed by atoms with Gasteiger partial charge in [0.25, 0.3) is 0 Å². The molecule has 100 valence electrons. The summed E-state index contributed by atoms with van der Waals surface area (Å²) in [6.45, 7) is 4.82. The highest BCUT2D eigenvalue weighted by molar-refractivity contribution is 6.31. The SMILES string of the molecule is CCc1nn(C)c(CN2CCC(C=O)CC2)c1Cl. The number of hydrogen-bond donors (Lipinski definition) is 0. The summed E-state index contributed by atoms with van der Waals surface area (Å²) in [5.41, 5.74) is 2.05. The highest BCUT2D eigenvalue weighted by Crippen LogP contribution is 2.24. The monoisotopic (exact) mass is 269 g/mol. The van der Waals surface area contributed by atoms with Crippen LogP contribution in [0.4, 0.5) is 0 Å². The first-order valence-electron chi connectivity index (χ1n) is 6.53. The largest absolute Gasteiger partial charge is 0.303 e. The van der Waals surface area contributed by atoms with Crippen LogP contribution in [0.15, 0.2) is 0 Å². The summed E-state index contributed by atoms with van der Waals surface area (Å²) in [5, 5.41) is 5.23. The van der Waals surface area contributed by atoms with Gasteiger partial charge < -0.3 is 4.79 Å². The van der Waals surface area contributed by atoms with E-state index in [1.54, 1.807) is 0 Å². The molecule has 18 heavy (non-hydrogen) atoms. The second-order valence-electron chi connectivity index (χ2n) is 4.93. The van der Waals surface area contributed by atoms with Gasteiger partial charge in [-0.3, -0.25) is 9.58 Å². The van der Waals surface area contributed by atoms with E-state index in [0.717, 1.165) is 61.6 Å². The van der Waals surface area contributed by atoms with Crippen LogP contribution in [0.1, 0.15) is 31.2 Å². The topological polar surface area (TPSA) is 38.1 Å². The Hall–Kier alpha value is -0.870. The van der Waals surface area contributed by atoms with Gasteiger partial charge in [-0.05, 0) is 32.4 Å². The summed E-state index contributed by atoms with van der Waals surface area (Å²) < 4.78 is 1.88. The molecule has 0 atom stereocenters. The summed E-state index contributed by atoms with van der Waals surface area (Å²) >= 11 is 6.34. The van der Waals surface area contributed by atoms with Gasteiger partial charge in [0.05, 0.1) is 16.4 Å². The van der Waals surface area contributed by atoms with E-state index >= 15 is 0 Å². The predicted molar refractivity (Wildman–Crippen MR) is 71.7 cm³/mol. The average Bonchev–Trinajstić information content (AvgIpc) is 2.67. The van der Waals surface area contributed by atoms with Crippen LogP contribution in [0.25, 0.3) is 0 Å². The minimum Gasteiger partial charge on any atom is -0.303 e. The molecule has 0 N–H and O–H groups in total. The molecule has 0 radical (unpaired) electrons. The van der Waals surface area contributed by atoms with E-state index in [4.69, 9.17) is 11.6 Å². The lowest BCUT2D eigenvalue weighted by molar-refractivity contribution is -0.112. The number of aldehydes is 1. The minimum absolute atomic E-state index is 0.245. The van der Waals surface area contributed by atoms with Gasteiger partial charge in [-0.1, -0.05) is 18.5 Å². The Morgan fingerprint density at radius 3 is 2.61 bits per heavy atom. The second-order valence-corrected chi connectivity index (χ2v) is 5.31. The second kappa shape index (κ2) is 5.85. The highest BCUT2D eigenvalue weighted by atomic mass is 35.5. The molecule has 1 aromatic heterocycles. The van der Waals surface area contributed by atoms with Crippen LogP contribution in [0.5, 0.6) is 0 Å². The van der Waals surface area contributed by atoms with Crippen LogP contribution in [-0.4, -0.2) is 34.1 Å². The van der Waals surface area contributed by atoms with E-state index in [1.165, 1.54) is 0 Å². The Kier molecular flexibility index (Phi) is 4.40. The quantitative estimate of drug-likeness (QED) is 0.785. The fraction of sp³-hybridized carbons (Fsp3) is 0.692. The van der Waals surface area contributed by atoms with Crippen molar-refractivity contribution in [1.29, 1.82) is 0 Å². The molecule has 1 aromatic rings. The Morgan fingerprint density at radius 2 is 2.11 bits per heavy atom. The van der Waals surface area contributed by atoms with Crippen LogP contribution in [0, 0.1) is 5.92 Å². The van der Waals surface area contributed by atoms with Gasteiger partial charge in [-0.2, -0.15) is 5.10 Å². The minimum atomic E-state index is 0.245. The Morgan fingerprint density at radius 1 is 1.44 bits per heavy atom. The van der Waals surface area contributed by atoms with E-state index in [1.807, 2.05) is 11.7 Å². The average molecular weight is 270 g/mol. The smallest absolute Gasteiger partial charge is 0.123 e. The lowest BCUT2D eigenvalue weighted by Gasteiger charge is -2.29. The molecular formula is C13H20ClN3O. The van der Waals surface area contributed by atoms with Crippen LogP contribution in [0.3, 0.4) is 0 Å². The van der Waals surface area contributed by atoms with Gasteiger partial charge >= 0.3 is 0 Å². The number of halogens is 1. The normalized spacial score (nSPS) is 18.2. The van der Waals surface area contributed by atoms with E-state index in [0.29, 0.717) is 0 Å². The maximum atomic E-state index is 10.7. The van der Waals surface area contributed by atoms with Crippen LogP contribution < -0.4 is 0 Å². The summed E-state index contributed by atoms with van der Waals surface area (Å²) in [5.74, 6) is 0.245. The van der Waals surface area contributed by atoms with E-state index in [-0.39, 0.29) is 5.92 Å². The fourth-order valence-electron chi connectivity index (χ4n) is 2.45. The summed E-state index contributed by atoms with van der Waals surface area (Å²) in [6.07, 6.45) is 3.86. The predicted octanol–water partition coefficient (Wildman–Crippen LogP) is 2.05. The number of aromatic nitrogens is 2. The molecule has 0 unspecified atom stereocenters. The van der Waals surface area contributed by atoms with Crippen molar-refractivity contribution in [1.82, 2.24) is 14.7 Å². The maximum Gasteiger partial charge on any atom is 0.123 e. The third kappa shape index (κ3) is 2.75. The molecule has 0 aromatic carbocycles. The van der Waals surface area contributed by atoms with Crippen molar-refractivity contribution in [2.45, 2.75) is 32.7 Å². The molecule has 4 nitrogen and oxygen atoms in total. The number of piperidine rings is 1. The van der Waals surface area contributed by atoms with Crippen LogP contribution >= 0.6 is 11.6 Å². The molecule has 0 amide bonds. The molecule has 2 rings (SSSR count). The summed E-state index contributed by atoms with van der Waals surface area (Å²) in [4.78, 5) is 13.1. The molecule has 0 aliphatic carbocycles. The number of hydrogen-bond acceptors (Lipinski definition) is 3. The first-order valence-corrected chi connectivity index (χ1v) is 6.91. The molecule has 0 spiro atoms. The Bertz CT molecular complexity index is 422. The number of aryl methyl sites for hydroxylation is 2. The molecule has 1 aliphatic rings. The van der Waals surface area contributed by atoms with Crippen LogP contribution in [0.2, 0.25) is 5.02 Å². The van der Waals surface area contributed by atoms with Crippen molar-refractivity contribution in [3.63, 3.8) is 0 Å². The van der Waals surface area contributed by atoms with E-state index < -0.39 is 0 Å². The molecule has 5 heteroatoms. The summed E-state index contributed by atoms with van der Waals surface area (Å²) in [6, 6.07) is 0. The van der Waals surface area contributed by atoms with Gasteiger partial charge in [-0.25, -0.2) is 0 Å². The van der Waals surface area contributed by atoms with Gasteiger partial charge in [0, 0.05) is 19.5 Å². The van der Waals surface area contributed by atoms with Crippen molar-refractivity contribution in [3.8, 4) is 0 Å². The van der Waals surface area contributed by atoms with Gasteiger partial charge in [-0.15, -0.1) is 0 Å². The van der Waals surface area contributed by atoms with Crippen molar-refractivity contribution in [3.05, 3.63) is 16.4 Å². The van der Waals surface area contributed by atoms with Crippen molar-refractivity contribution < 1.29 is 4.79 Å². The lowest BCUT2D eigenvalue weighted by Crippen LogP contribution is -2.34. The number of carbonyl (C=O) groups excluding carboxylic acids is 1. The molecule has 1 aliphatic heterocycles. The van der Waals surface area contributed by atoms with E-state index in [9.17, 15) is 4.79 Å². The number of carbonyl (C=O) groups is 1. The molecule has 0 bridgehead atoms. The van der Waals surface area contributed by atoms with Crippen molar-refractivity contribution in [2.75, 3.05) is 13.1 Å². The Balaban J connectivity index is 2.02. The fourth-order valence-corrected chi connectivity index (χ4v) is 2.80. The first kappa shape index (κ1) is 13.6. The molecule has 0 saturated carbocycles. The summed E-state index contributed by atoms with van der Waals surface area (Å²) in [7, 11) is 1.94. The standard InChI is InChI=1S/C13H20ClN3O/c1-3-11-13(14)12(16(2)15-11)8-17-6-4-10(9-18)5-7-17/h9-10H,3-8H2,1-2H3. The zero-order valence-corrected chi connectivity index (χ0v) is 11.8. The molecule has 2 heterocycles. The molecular weight excluding hydrogens is 250 g/mol. The molecule has 1 saturated heterocycles. The van der Waals surface area contributed by atoms with Gasteiger partial charge in [0.1, 0.15) is 6.29 Å². The van der Waals surface area contributed by atoms with Crippen LogP contribution in [-0.2, 0) is 24.8 Å². The lowest BCUT2D eigenvalue weighted by atomic mass is 9.98. The third-order valence-corrected chi connectivity index (χ3v) is 4.14. The molecule has 1 fully saturated rings. The number of rotatable bonds is 4. The van der Waals surface area contributed by atoms with Crippen molar-refractivity contribution in [2.24, 2.45) is 13.0 Å². The van der Waals surface area contributed by atoms with Gasteiger partial charge in [0.2, 0.25) is 0 Å². The van der Waals surface area contributed by atoms with Gasteiger partial charge in [0.15, 0.2) is 0 Å². The zero-order valence-electron chi connectivity index (χ0n) is 11.0. The van der Waals surface area contributed by atoms with Crippen molar-refractivity contribution >= 4 is 17.9 Å². The number of likely N-dealkylation sites (tertiary alicyclic amines) is 1. The zero-order chi connectivity index (χ0) is 13.1. The maximum absolute atomic E-state index is 10.7. The Labute approximate surface area is 113 Å². The number of nitrogens with zero attached hydrogens (tertiary/aromatic N) is 3. The van der Waals surface area contributed by atoms with E-state index in [2.05, 4.69) is 16.9 Å². The first-order chi connectivity index (χ1) is 8.65.